The maximum absolute atomic E-state index is 13.1. The highest BCUT2D eigenvalue weighted by atomic mass is 35.5. The van der Waals surface area contributed by atoms with E-state index in [0.717, 1.165) is 24.3 Å². The molecular formula is C70H48Cl2N4O20. The van der Waals surface area contributed by atoms with Gasteiger partial charge in [-0.05, 0) is 194 Å². The van der Waals surface area contributed by atoms with Crippen molar-refractivity contribution < 1.29 is 77.1 Å². The van der Waals surface area contributed by atoms with Gasteiger partial charge in [-0.25, -0.2) is 0 Å². The van der Waals surface area contributed by atoms with Gasteiger partial charge in [0.05, 0.1) is 53.2 Å². The topological polar surface area (TPSA) is 318 Å². The molecule has 24 nitrogen and oxygen atoms in total. The van der Waals surface area contributed by atoms with E-state index in [1.54, 1.807) is 128 Å². The molecular weight excluding hydrogens is 1290 g/mol. The van der Waals surface area contributed by atoms with Crippen LogP contribution in [0.4, 0.5) is 22.7 Å². The van der Waals surface area contributed by atoms with E-state index in [1.807, 2.05) is 12.1 Å². The van der Waals surface area contributed by atoms with Gasteiger partial charge in [0.25, 0.3) is 11.4 Å². The Morgan fingerprint density at radius 1 is 0.365 bits per heavy atom. The van der Waals surface area contributed by atoms with Crippen LogP contribution in [0, 0.1) is 40.5 Å². The second-order valence-electron chi connectivity index (χ2n) is 21.0. The molecule has 2 saturated heterocycles. The number of methoxy groups -OCH3 is 1. The van der Waals surface area contributed by atoms with Gasteiger partial charge in [0.1, 0.15) is 44.5 Å². The Hall–Kier alpha value is -11.8. The Bertz CT molecular complexity index is 4640. The summed E-state index contributed by atoms with van der Waals surface area (Å²) in [6.07, 6.45) is 0. The minimum absolute atomic E-state index is 0.0476. The first-order valence-corrected chi connectivity index (χ1v) is 29.5. The number of aromatic hydroxyl groups is 1. The predicted molar refractivity (Wildman–Crippen MR) is 345 cm³/mol. The van der Waals surface area contributed by atoms with E-state index in [-0.39, 0.29) is 66.8 Å². The number of nitro groups is 4. The number of phenols is 1. The molecule has 0 bridgehead atoms. The summed E-state index contributed by atoms with van der Waals surface area (Å²) in [5.41, 5.74) is 1.62. The highest BCUT2D eigenvalue weighted by molar-refractivity contribution is 6.33. The molecule has 2 fully saturated rings. The first-order valence-electron chi connectivity index (χ1n) is 28.8. The second-order valence-corrected chi connectivity index (χ2v) is 21.8. The zero-order chi connectivity index (χ0) is 67.8. The number of ketones is 3. The summed E-state index contributed by atoms with van der Waals surface area (Å²) in [5.74, 6) is -1.73. The second kappa shape index (κ2) is 28.2. The van der Waals surface area contributed by atoms with Gasteiger partial charge in [0, 0.05) is 79.9 Å². The summed E-state index contributed by atoms with van der Waals surface area (Å²) in [5, 5.41) is 55.7. The Kier molecular flexibility index (Phi) is 19.3. The summed E-state index contributed by atoms with van der Waals surface area (Å²) < 4.78 is 47.1. The molecule has 96 heavy (non-hydrogen) atoms. The summed E-state index contributed by atoms with van der Waals surface area (Å²) in [6.45, 7) is 1.39. The van der Waals surface area contributed by atoms with Crippen LogP contribution in [0.15, 0.2) is 218 Å². The third kappa shape index (κ3) is 14.1. The molecule has 0 spiro atoms. The van der Waals surface area contributed by atoms with Gasteiger partial charge < -0.3 is 43.0 Å². The van der Waals surface area contributed by atoms with Crippen LogP contribution < -0.4 is 18.9 Å². The van der Waals surface area contributed by atoms with Crippen LogP contribution in [0.3, 0.4) is 0 Å². The Labute approximate surface area is 553 Å². The Morgan fingerprint density at radius 2 is 0.625 bits per heavy atom. The molecule has 0 unspecified atom stereocenters. The van der Waals surface area contributed by atoms with Crippen LogP contribution in [-0.4, -0.2) is 75.7 Å². The third-order valence-corrected chi connectivity index (χ3v) is 15.8. The molecule has 0 amide bonds. The van der Waals surface area contributed by atoms with Gasteiger partial charge in [0.2, 0.25) is 23.1 Å². The van der Waals surface area contributed by atoms with Crippen molar-refractivity contribution in [2.24, 2.45) is 0 Å². The Balaban J connectivity index is 0.000000206. The van der Waals surface area contributed by atoms with Gasteiger partial charge >= 0.3 is 11.4 Å². The van der Waals surface area contributed by atoms with E-state index in [2.05, 4.69) is 0 Å². The summed E-state index contributed by atoms with van der Waals surface area (Å²) in [7, 11) is 1.57. The number of carbonyl (C=O) groups excluding carboxylic acids is 3. The quantitative estimate of drug-likeness (QED) is 0.0397. The van der Waals surface area contributed by atoms with Crippen molar-refractivity contribution >= 4 is 63.3 Å². The average Bonchev–Trinajstić information content (AvgIpc) is 1.49. The fourth-order valence-corrected chi connectivity index (χ4v) is 10.8. The van der Waals surface area contributed by atoms with Crippen LogP contribution in [-0.2, 0) is 30.5 Å². The first-order chi connectivity index (χ1) is 46.2. The van der Waals surface area contributed by atoms with Crippen LogP contribution in [0.2, 0.25) is 10.0 Å². The number of nitrogens with zero attached hydrogens (tertiary/aromatic N) is 4. The standard InChI is InChI=1S/C42H29ClN2O11.C28H19ClN2O9/c1-52-32-12-2-26(3-13-32)40(46)27-4-14-33(15-5-27)55-34-16-8-30(9-17-34)42(53-22-23-54-42)31-10-18-35(19-11-31)56-39-21-7-29(25-38(39)45(50)51)41(47)28-6-20-36(43)37(24-28)44(48)49;29-23-11-1-17(15-24(23)30(34)35)27(33)18-2-12-26(25(16-18)31(36)37)40-22-9-5-20(6-10-22)28(38-13-14-39-28)19-3-7-21(32)8-4-19/h2-21,24-25H,22-23H2,1H3;1-12,15-16,32H,13-14H2. The zero-order valence-electron chi connectivity index (χ0n) is 49.9. The molecule has 2 heterocycles. The lowest BCUT2D eigenvalue weighted by Gasteiger charge is -2.28. The molecule has 10 aromatic carbocycles. The van der Waals surface area contributed by atoms with Crippen LogP contribution in [0.25, 0.3) is 0 Å². The fraction of sp³-hybridized carbons (Fsp3) is 0.100. The monoisotopic (exact) mass is 1330 g/mol. The maximum Gasteiger partial charge on any atom is 0.312 e. The first kappa shape index (κ1) is 65.7. The van der Waals surface area contributed by atoms with E-state index in [4.69, 9.17) is 61.1 Å². The highest BCUT2D eigenvalue weighted by Gasteiger charge is 2.42. The van der Waals surface area contributed by atoms with Gasteiger partial charge in [-0.3, -0.25) is 54.8 Å². The van der Waals surface area contributed by atoms with Crippen molar-refractivity contribution in [3.8, 4) is 46.0 Å². The average molecular weight is 1340 g/mol. The SMILES string of the molecule is COc1ccc(C(=O)c2ccc(Oc3ccc(C4(c5ccc(Oc6ccc(C(=O)c7ccc(Cl)c([N+](=O)[O-])c7)cc6[N+](=O)[O-])cc5)OCCO4)cc3)cc2)cc1.O=C(c1ccc(Cl)c([N+](=O)[O-])c1)c1ccc(Oc2ccc(C3(c4ccc(O)cc4)OCCO3)cc2)c([N+](=O)[O-])c1. The zero-order valence-corrected chi connectivity index (χ0v) is 51.4. The largest absolute Gasteiger partial charge is 0.508 e. The summed E-state index contributed by atoms with van der Waals surface area (Å²) >= 11 is 11.7. The molecule has 12 rings (SSSR count). The van der Waals surface area contributed by atoms with Crippen molar-refractivity contribution in [3.63, 3.8) is 0 Å². The molecule has 0 aromatic heterocycles. The lowest BCUT2D eigenvalue weighted by Crippen LogP contribution is -2.28. The van der Waals surface area contributed by atoms with Crippen LogP contribution in [0.5, 0.6) is 46.0 Å². The van der Waals surface area contributed by atoms with Gasteiger partial charge in [-0.2, -0.15) is 0 Å². The minimum atomic E-state index is -1.24. The molecule has 482 valence electrons. The van der Waals surface area contributed by atoms with Gasteiger partial charge in [0.15, 0.2) is 17.3 Å². The summed E-state index contributed by atoms with van der Waals surface area (Å²) in [4.78, 5) is 82.4. The minimum Gasteiger partial charge on any atom is -0.508 e. The molecule has 2 aliphatic rings. The molecule has 1 N–H and O–H groups in total. The number of hydrogen-bond acceptors (Lipinski definition) is 20. The van der Waals surface area contributed by atoms with Crippen molar-refractivity contribution in [2.45, 2.75) is 11.6 Å². The molecule has 0 aliphatic carbocycles. The third-order valence-electron chi connectivity index (χ3n) is 15.1. The summed E-state index contributed by atoms with van der Waals surface area (Å²) in [6, 6.07) is 55.0. The molecule has 0 radical (unpaired) electrons. The van der Waals surface area contributed by atoms with E-state index in [1.165, 1.54) is 60.7 Å². The number of rotatable bonds is 21. The normalized spacial score (nSPS) is 13.5. The van der Waals surface area contributed by atoms with E-state index >= 15 is 0 Å². The van der Waals surface area contributed by atoms with E-state index in [0.29, 0.717) is 77.1 Å². The van der Waals surface area contributed by atoms with Crippen LogP contribution >= 0.6 is 23.2 Å². The predicted octanol–water partition coefficient (Wildman–Crippen LogP) is 15.6. The molecule has 2 aliphatic heterocycles. The lowest BCUT2D eigenvalue weighted by atomic mass is 9.97. The number of nitro benzene ring substituents is 4. The van der Waals surface area contributed by atoms with Gasteiger partial charge in [-0.1, -0.05) is 23.2 Å². The number of ether oxygens (including phenoxy) is 8. The maximum atomic E-state index is 13.1. The Morgan fingerprint density at radius 3 is 0.948 bits per heavy atom. The van der Waals surface area contributed by atoms with Crippen molar-refractivity contribution in [2.75, 3.05) is 33.5 Å². The smallest absolute Gasteiger partial charge is 0.312 e. The highest BCUT2D eigenvalue weighted by Crippen LogP contribution is 2.44. The number of halogens is 2. The van der Waals surface area contributed by atoms with Crippen molar-refractivity contribution in [3.05, 3.63) is 325 Å². The lowest BCUT2D eigenvalue weighted by molar-refractivity contribution is -0.385. The van der Waals surface area contributed by atoms with Crippen molar-refractivity contribution in [1.82, 2.24) is 0 Å². The van der Waals surface area contributed by atoms with Crippen molar-refractivity contribution in [1.29, 1.82) is 0 Å². The molecule has 10 aromatic rings. The van der Waals surface area contributed by atoms with Gasteiger partial charge in [-0.15, -0.1) is 0 Å². The molecule has 0 saturated carbocycles. The number of hydrogen-bond donors (Lipinski definition) is 1. The van der Waals surface area contributed by atoms with E-state index < -0.39 is 65.6 Å². The van der Waals surface area contributed by atoms with E-state index in [9.17, 15) is 59.9 Å². The molecule has 26 heteroatoms. The fourth-order valence-electron chi connectivity index (χ4n) is 10.4. The number of phenolic OH excluding ortho intramolecular Hbond substituents is 1. The number of carbonyl (C=O) groups is 3. The van der Waals surface area contributed by atoms with Crippen LogP contribution in [0.1, 0.15) is 70.0 Å². The molecule has 0 atom stereocenters. The number of benzene rings is 10.